The van der Waals surface area contributed by atoms with Crippen molar-refractivity contribution in [2.45, 2.75) is 154 Å². The fraction of sp³-hybridized carbons (Fsp3) is 1.00. The molecule has 0 aromatic heterocycles. The van der Waals surface area contributed by atoms with Crippen LogP contribution in [0.5, 0.6) is 0 Å². The first-order chi connectivity index (χ1) is 45.7. The summed E-state index contributed by atoms with van der Waals surface area (Å²) in [4.78, 5) is 0. The minimum absolute atomic E-state index is 0. The molecule has 101 heavy (non-hydrogen) atoms. The minimum atomic E-state index is -3.26. The summed E-state index contributed by atoms with van der Waals surface area (Å²) in [5, 5.41) is 21.0. The Bertz CT molecular complexity index is 1290. The van der Waals surface area contributed by atoms with Crippen molar-refractivity contribution >= 4 is 202 Å². The van der Waals surface area contributed by atoms with Crippen molar-refractivity contribution in [2.24, 2.45) is 0 Å². The van der Waals surface area contributed by atoms with Gasteiger partial charge in [-0.15, -0.1) is 0 Å². The van der Waals surface area contributed by atoms with Crippen LogP contribution in [0.4, 0.5) is 0 Å². The normalized spacial score (nSPS) is 11.1. The Labute approximate surface area is 816 Å². The van der Waals surface area contributed by atoms with E-state index in [1.807, 2.05) is 41.5 Å². The summed E-state index contributed by atoms with van der Waals surface area (Å²) >= 11 is 44.2. The van der Waals surface area contributed by atoms with Crippen LogP contribution in [-0.4, -0.2) is 274 Å². The maximum absolute atomic E-state index is 7.00. The molecule has 0 saturated heterocycles. The fourth-order valence-electron chi connectivity index (χ4n) is 7.50. The average Bonchev–Trinajstić information content (AvgIpc) is 0.812. The zero-order valence-corrected chi connectivity index (χ0v) is 112. The molecule has 0 atom stereocenters. The first kappa shape index (κ1) is 150. The first-order valence-electron chi connectivity index (χ1n) is 31.1. The summed E-state index contributed by atoms with van der Waals surface area (Å²) < 4.78 is 125. The molecule has 596 valence electrons. The number of aliphatic hydroxyl groups excluding tert-OH is 3. The van der Waals surface area contributed by atoms with Gasteiger partial charge >= 0.3 is 112 Å². The van der Waals surface area contributed by atoms with Crippen LogP contribution >= 0.6 is 46.5 Å². The summed E-state index contributed by atoms with van der Waals surface area (Å²) in [7, 11) is 3.19. The van der Waals surface area contributed by atoms with Crippen LogP contribution in [-0.2, 0) is 354 Å². The molecule has 0 aliphatic heterocycles. The second-order valence-corrected chi connectivity index (χ2v) is 48.8. The standard InChI is InChI=1S/3C14H36O7S3Si3.3C2H6.3CH4O.7Cd.S/c3*1-15-25(16-2,12-6-9-22)20-27(19-5,14-8-11-24)21-26(17-3,18-4)13-7-10-23;6*1-2;;;;;;;;/h3*22-24H,6-14H2,1-5H3;3*1-2H3;3*2H,1H3;;;;;;;;/p-6. The van der Waals surface area contributed by atoms with Crippen molar-refractivity contribution in [3.05, 3.63) is 0 Å². The Hall–Kier alpha value is 10.8. The van der Waals surface area contributed by atoms with E-state index in [4.69, 9.17) is 182 Å². The van der Waals surface area contributed by atoms with Crippen molar-refractivity contribution in [3.8, 4) is 0 Å². The number of hydrogen-bond donors (Lipinski definition) is 6. The van der Waals surface area contributed by atoms with E-state index in [0.717, 1.165) is 90.0 Å². The third-order valence-corrected chi connectivity index (χ3v) is 47.9. The first-order valence-corrected chi connectivity index (χ1v) is 59.4. The Morgan fingerprint density at radius 1 is 0.228 bits per heavy atom. The van der Waals surface area contributed by atoms with Crippen molar-refractivity contribution in [2.75, 3.05) is 180 Å². The second kappa shape index (κ2) is 105. The van der Waals surface area contributed by atoms with Crippen molar-refractivity contribution in [3.63, 3.8) is 0 Å². The molecule has 0 fully saturated rings. The van der Waals surface area contributed by atoms with Gasteiger partial charge in [0.05, 0.1) is 0 Å². The molecule has 0 saturated carbocycles. The fourth-order valence-corrected chi connectivity index (χ4v) is 44.7. The summed E-state index contributed by atoms with van der Waals surface area (Å²) in [5.41, 5.74) is 0. The maximum atomic E-state index is 7.00. The van der Waals surface area contributed by atoms with Gasteiger partial charge in [-0.2, -0.15) is 72.4 Å². The molecule has 0 rings (SSSR count). The topological polar surface area (TPSA) is 255 Å². The zero-order valence-electron chi connectivity index (χ0n) is 66.7. The zero-order chi connectivity index (χ0) is 76.4. The predicted molar refractivity (Wildman–Crippen MR) is 429 cm³/mol. The number of hydrogen-bond acceptors (Lipinski definition) is 34. The van der Waals surface area contributed by atoms with Gasteiger partial charge in [-0.3, -0.25) is 0 Å². The van der Waals surface area contributed by atoms with E-state index in [1.165, 1.54) is 0 Å². The number of rotatable bonds is 54. The van der Waals surface area contributed by atoms with Crippen LogP contribution in [0, 0.1) is 0 Å². The molecule has 0 aliphatic rings. The van der Waals surface area contributed by atoms with E-state index in [0.29, 0.717) is 119 Å². The van der Waals surface area contributed by atoms with Crippen LogP contribution in [0.2, 0.25) is 54.4 Å². The molecule has 50 heteroatoms. The molecule has 0 heterocycles. The van der Waals surface area contributed by atoms with Crippen LogP contribution in [0.25, 0.3) is 0 Å². The monoisotopic (exact) mass is 2500 g/mol. The molecular weight excluding hydrogens is 2360 g/mol. The van der Waals surface area contributed by atoms with E-state index in [2.05, 4.69) is 46.5 Å². The summed E-state index contributed by atoms with van der Waals surface area (Å²) in [6, 6.07) is 5.19. The van der Waals surface area contributed by atoms with Crippen molar-refractivity contribution < 1.29 is 294 Å². The van der Waals surface area contributed by atoms with Gasteiger partial charge in [0.2, 0.25) is 0 Å². The van der Waals surface area contributed by atoms with Crippen LogP contribution < -0.4 is 0 Å². The van der Waals surface area contributed by atoms with Gasteiger partial charge in [-0.25, -0.2) is 0 Å². The number of thiol groups is 3. The van der Waals surface area contributed by atoms with Gasteiger partial charge in [-0.05, 0) is 36.5 Å². The second-order valence-electron chi connectivity index (χ2n) is 17.1. The third-order valence-electron chi connectivity index (χ3n) is 12.2. The molecule has 0 aliphatic carbocycles. The van der Waals surface area contributed by atoms with Gasteiger partial charge in [-0.1, -0.05) is 80.1 Å². The van der Waals surface area contributed by atoms with Gasteiger partial charge in [0.1, 0.15) is 0 Å². The molecule has 3 N–H and O–H groups in total. The average molecular weight is 2490 g/mol. The summed E-state index contributed by atoms with van der Waals surface area (Å²) in [6.07, 6.45) is 6.73. The number of aliphatic hydroxyl groups is 3. The quantitative estimate of drug-likeness (QED) is 0.0188. The van der Waals surface area contributed by atoms with Crippen molar-refractivity contribution in [1.82, 2.24) is 0 Å². The van der Waals surface area contributed by atoms with Gasteiger partial charge in [0.25, 0.3) is 0 Å². The van der Waals surface area contributed by atoms with Gasteiger partial charge < -0.3 is 182 Å². The van der Waals surface area contributed by atoms with E-state index in [9.17, 15) is 0 Å². The van der Waals surface area contributed by atoms with E-state index in [-0.39, 0.29) is 164 Å². The molecular formula is C51H132Cd7O24S10Si9-6. The van der Waals surface area contributed by atoms with Gasteiger partial charge in [0, 0.05) is 346 Å². The molecule has 0 aromatic rings. The Morgan fingerprint density at radius 3 is 0.406 bits per heavy atom. The molecule has 0 amide bonds. The molecule has 0 aromatic carbocycles. The molecule has 0 spiro atoms. The molecule has 0 bridgehead atoms. The Morgan fingerprint density at radius 2 is 0.317 bits per heavy atom. The SMILES string of the molecule is CC.CC.CC.CO.CO.CO.CO[Si](CCCS)(OC)O[Si](CCCS)(OC)O[Si](CCCS)(OC)OC.CO[Si](CCC[S-])(OC)O[Si](CCC[S-])(OC)O[Si](CCC[S-])(OC)OC.CO[Si](CCC[S-])(OC)O[Si](CCC[S-])(OC)O[Si](CCC[S-])(OC)OC.[Cd].[Cd].[Cd].[Cd].[Cd].[Cd].[S]=[Cd]. The molecule has 0 radical (unpaired) electrons. The van der Waals surface area contributed by atoms with Gasteiger partial charge in [0.15, 0.2) is 0 Å². The third kappa shape index (κ3) is 70.1. The Kier molecular flexibility index (Phi) is 155. The summed E-state index contributed by atoms with van der Waals surface area (Å²) in [6.45, 7) is 12.0. The molecule has 0 unspecified atom stereocenters. The summed E-state index contributed by atoms with van der Waals surface area (Å²) in [5.74, 6) is 5.58. The van der Waals surface area contributed by atoms with E-state index < -0.39 is 79.2 Å². The van der Waals surface area contributed by atoms with Crippen LogP contribution in [0.15, 0.2) is 0 Å². The van der Waals surface area contributed by atoms with Crippen LogP contribution in [0.3, 0.4) is 0 Å². The van der Waals surface area contributed by atoms with E-state index >= 15 is 0 Å². The van der Waals surface area contributed by atoms with Crippen LogP contribution in [0.1, 0.15) is 99.3 Å². The van der Waals surface area contributed by atoms with Crippen molar-refractivity contribution in [1.29, 1.82) is 0 Å². The molecule has 24 nitrogen and oxygen atoms in total. The Balaban J connectivity index is -0.0000000683. The van der Waals surface area contributed by atoms with E-state index in [1.54, 1.807) is 107 Å². The predicted octanol–water partition coefficient (Wildman–Crippen LogP) is 9.32.